The number of amidine groups is 1. The zero-order valence-electron chi connectivity index (χ0n) is 14.0. The molecule has 0 aromatic heterocycles. The Morgan fingerprint density at radius 1 is 0.960 bits per heavy atom. The van der Waals surface area contributed by atoms with E-state index in [2.05, 4.69) is 49.7 Å². The van der Waals surface area contributed by atoms with E-state index in [0.29, 0.717) is 6.54 Å². The lowest BCUT2D eigenvalue weighted by Gasteiger charge is -2.23. The third-order valence-corrected chi connectivity index (χ3v) is 5.63. The number of anilines is 1. The van der Waals surface area contributed by atoms with E-state index in [-0.39, 0.29) is 17.0 Å². The van der Waals surface area contributed by atoms with Gasteiger partial charge in [0, 0.05) is 16.5 Å². The number of hydrogen-bond acceptors (Lipinski definition) is 2. The second kappa shape index (κ2) is 7.60. The number of halogens is 2. The molecule has 0 saturated heterocycles. The van der Waals surface area contributed by atoms with Crippen LogP contribution in [0.3, 0.4) is 0 Å². The normalized spacial score (nSPS) is 23.0. The number of benzene rings is 2. The minimum Gasteiger partial charge on any atom is -1.00 e. The molecule has 0 fully saturated rings. The maximum atomic E-state index is 11.7. The Kier molecular flexibility index (Phi) is 5.66. The molecule has 132 valence electrons. The van der Waals surface area contributed by atoms with E-state index in [0.717, 1.165) is 35.1 Å². The Morgan fingerprint density at radius 3 is 2.40 bits per heavy atom. The van der Waals surface area contributed by atoms with Crippen LogP contribution < -0.4 is 21.9 Å². The Labute approximate surface area is 167 Å². The first-order valence-electron chi connectivity index (χ1n) is 8.63. The minimum absolute atomic E-state index is 0. The first kappa shape index (κ1) is 18.6. The molecule has 1 unspecified atom stereocenters. The van der Waals surface area contributed by atoms with Crippen LogP contribution in [-0.2, 0) is 5.72 Å². The molecule has 2 aromatic rings. The van der Waals surface area contributed by atoms with E-state index in [1.165, 1.54) is 18.7 Å². The second-order valence-electron chi connectivity index (χ2n) is 6.62. The van der Waals surface area contributed by atoms with Crippen molar-refractivity contribution in [3.05, 3.63) is 64.6 Å². The number of rotatable bonds is 2. The number of aliphatic hydroxyl groups is 1. The number of hydrogen-bond donors (Lipinski definition) is 1. The van der Waals surface area contributed by atoms with Crippen molar-refractivity contribution in [3.63, 3.8) is 0 Å². The molecule has 2 aliphatic rings. The summed E-state index contributed by atoms with van der Waals surface area (Å²) in [6.07, 6.45) is 4.56. The summed E-state index contributed by atoms with van der Waals surface area (Å²) in [5, 5.41) is 11.7. The van der Waals surface area contributed by atoms with E-state index in [1.807, 2.05) is 30.3 Å². The maximum absolute atomic E-state index is 11.7. The van der Waals surface area contributed by atoms with Gasteiger partial charge in [-0.15, -0.1) is 0 Å². The Bertz CT molecular complexity index is 761. The first-order chi connectivity index (χ1) is 11.7. The van der Waals surface area contributed by atoms with Gasteiger partial charge >= 0.3 is 0 Å². The molecule has 2 aliphatic heterocycles. The van der Waals surface area contributed by atoms with Gasteiger partial charge in [0.25, 0.3) is 11.6 Å². The number of β-amino-alcohol motifs (C(OH)–C–C–N with tert-alkyl or cyclic N) is 1. The Hall–Kier alpha value is -1.17. The molecule has 2 aromatic carbocycles. The van der Waals surface area contributed by atoms with Crippen molar-refractivity contribution in [2.75, 3.05) is 18.0 Å². The fourth-order valence-electron chi connectivity index (χ4n) is 3.88. The summed E-state index contributed by atoms with van der Waals surface area (Å²) in [6, 6.07) is 18.5. The van der Waals surface area contributed by atoms with Gasteiger partial charge in [-0.2, -0.15) is 0 Å². The van der Waals surface area contributed by atoms with Gasteiger partial charge in [0.1, 0.15) is 5.69 Å². The molecular weight excluding hydrogens is 444 g/mol. The molecular formula is C20H22Br2N2O. The lowest BCUT2D eigenvalue weighted by atomic mass is 10.0. The molecule has 4 rings (SSSR count). The average Bonchev–Trinajstić information content (AvgIpc) is 2.77. The van der Waals surface area contributed by atoms with E-state index in [1.54, 1.807) is 0 Å². The fourth-order valence-corrected chi connectivity index (χ4v) is 4.15. The molecule has 1 atom stereocenters. The van der Waals surface area contributed by atoms with Gasteiger partial charge in [-0.05, 0) is 43.5 Å². The summed E-state index contributed by atoms with van der Waals surface area (Å²) in [5.74, 6) is 1.25. The molecule has 2 heterocycles. The zero-order valence-corrected chi connectivity index (χ0v) is 17.2. The maximum Gasteiger partial charge on any atom is 0.271 e. The minimum atomic E-state index is -0.962. The van der Waals surface area contributed by atoms with Crippen molar-refractivity contribution >= 4 is 27.5 Å². The predicted molar refractivity (Wildman–Crippen MR) is 100 cm³/mol. The van der Waals surface area contributed by atoms with E-state index in [9.17, 15) is 5.11 Å². The van der Waals surface area contributed by atoms with Crippen LogP contribution in [-0.4, -0.2) is 28.6 Å². The lowest BCUT2D eigenvalue weighted by Crippen LogP contribution is -3.00. The monoisotopic (exact) mass is 464 g/mol. The average molecular weight is 466 g/mol. The highest BCUT2D eigenvalue weighted by Gasteiger charge is 2.51. The highest BCUT2D eigenvalue weighted by atomic mass is 79.9. The van der Waals surface area contributed by atoms with Crippen molar-refractivity contribution in [1.82, 2.24) is 0 Å². The van der Waals surface area contributed by atoms with Crippen molar-refractivity contribution in [2.24, 2.45) is 0 Å². The molecule has 3 nitrogen and oxygen atoms in total. The van der Waals surface area contributed by atoms with Crippen molar-refractivity contribution in [3.8, 4) is 0 Å². The molecule has 0 saturated carbocycles. The van der Waals surface area contributed by atoms with Gasteiger partial charge in [0.2, 0.25) is 0 Å². The SMILES string of the molecule is OC1(c2ccc(Br)cc2)CN(c2ccccc2)C2=[N+]1CCCCC2.[Br-]. The first-order valence-corrected chi connectivity index (χ1v) is 9.42. The van der Waals surface area contributed by atoms with Crippen LogP contribution in [0.1, 0.15) is 31.2 Å². The Morgan fingerprint density at radius 2 is 1.68 bits per heavy atom. The van der Waals surface area contributed by atoms with Crippen LogP contribution in [0.4, 0.5) is 5.69 Å². The summed E-state index contributed by atoms with van der Waals surface area (Å²) in [6.45, 7) is 1.49. The summed E-state index contributed by atoms with van der Waals surface area (Å²) >= 11 is 3.49. The van der Waals surface area contributed by atoms with Gasteiger partial charge in [-0.1, -0.05) is 46.3 Å². The van der Waals surface area contributed by atoms with Gasteiger partial charge in [0.05, 0.1) is 6.54 Å². The van der Waals surface area contributed by atoms with Crippen LogP contribution in [0.15, 0.2) is 59.1 Å². The molecule has 0 amide bonds. The van der Waals surface area contributed by atoms with Crippen molar-refractivity contribution < 1.29 is 26.7 Å². The smallest absolute Gasteiger partial charge is 0.271 e. The number of nitrogens with zero attached hydrogens (tertiary/aromatic N) is 2. The zero-order chi connectivity index (χ0) is 16.6. The molecule has 0 spiro atoms. The van der Waals surface area contributed by atoms with Gasteiger partial charge < -0.3 is 22.1 Å². The molecule has 0 bridgehead atoms. The van der Waals surface area contributed by atoms with E-state index < -0.39 is 5.72 Å². The van der Waals surface area contributed by atoms with E-state index in [4.69, 9.17) is 0 Å². The van der Waals surface area contributed by atoms with Gasteiger partial charge in [-0.3, -0.25) is 0 Å². The van der Waals surface area contributed by atoms with Crippen molar-refractivity contribution in [1.29, 1.82) is 0 Å². The third kappa shape index (κ3) is 3.42. The molecule has 0 radical (unpaired) electrons. The van der Waals surface area contributed by atoms with Crippen molar-refractivity contribution in [2.45, 2.75) is 31.4 Å². The van der Waals surface area contributed by atoms with E-state index >= 15 is 0 Å². The van der Waals surface area contributed by atoms with Crippen LogP contribution in [0.25, 0.3) is 0 Å². The van der Waals surface area contributed by atoms with Gasteiger partial charge in [0.15, 0.2) is 6.54 Å². The van der Waals surface area contributed by atoms with Crippen LogP contribution >= 0.6 is 15.9 Å². The topological polar surface area (TPSA) is 26.5 Å². The van der Waals surface area contributed by atoms with Crippen LogP contribution in [0.5, 0.6) is 0 Å². The highest BCUT2D eigenvalue weighted by Crippen LogP contribution is 2.35. The van der Waals surface area contributed by atoms with Gasteiger partial charge in [-0.25, -0.2) is 9.48 Å². The summed E-state index contributed by atoms with van der Waals surface area (Å²) in [4.78, 5) is 2.30. The largest absolute Gasteiger partial charge is 1.00 e. The predicted octanol–water partition coefficient (Wildman–Crippen LogP) is 1.10. The molecule has 0 aliphatic carbocycles. The standard InChI is InChI=1S/C20H22BrN2O.BrH/c21-17-12-10-16(11-13-17)20(24)15-22(18-7-3-1-4-8-18)19-9-5-2-6-14-23(19)20;/h1,3-4,7-8,10-13,24H,2,5-6,9,14-15H2;1H/q+1;/p-1. The third-order valence-electron chi connectivity index (χ3n) is 5.10. The molecule has 1 N–H and O–H groups in total. The number of para-hydroxylation sites is 1. The summed E-state index contributed by atoms with van der Waals surface area (Å²) < 4.78 is 3.27. The summed E-state index contributed by atoms with van der Waals surface area (Å²) in [7, 11) is 0. The second-order valence-corrected chi connectivity index (χ2v) is 7.54. The highest BCUT2D eigenvalue weighted by molar-refractivity contribution is 9.10. The molecule has 25 heavy (non-hydrogen) atoms. The lowest BCUT2D eigenvalue weighted by molar-refractivity contribution is -0.658. The molecule has 5 heteroatoms. The summed E-state index contributed by atoms with van der Waals surface area (Å²) in [5.41, 5.74) is 1.16. The fraction of sp³-hybridized carbons (Fsp3) is 0.350. The van der Waals surface area contributed by atoms with Crippen LogP contribution in [0, 0.1) is 0 Å². The van der Waals surface area contributed by atoms with Crippen LogP contribution in [0.2, 0.25) is 0 Å². The quantitative estimate of drug-likeness (QED) is 0.672. The Balaban J connectivity index is 0.00000182.